The number of methoxy groups -OCH3 is 1. The Labute approximate surface area is 160 Å². The molecule has 2 aromatic rings. The molecule has 7 nitrogen and oxygen atoms in total. The summed E-state index contributed by atoms with van der Waals surface area (Å²) in [7, 11) is 1.68. The van der Waals surface area contributed by atoms with E-state index in [-0.39, 0.29) is 5.91 Å². The van der Waals surface area contributed by atoms with Crippen LogP contribution in [0.1, 0.15) is 22.5 Å². The lowest BCUT2D eigenvalue weighted by atomic mass is 10.2. The third-order valence-electron chi connectivity index (χ3n) is 4.65. The van der Waals surface area contributed by atoms with Gasteiger partial charge in [0.15, 0.2) is 0 Å². The number of amides is 1. The lowest BCUT2D eigenvalue weighted by Gasteiger charge is -2.36. The van der Waals surface area contributed by atoms with Gasteiger partial charge in [-0.25, -0.2) is 9.97 Å². The molecule has 7 heteroatoms. The van der Waals surface area contributed by atoms with Crippen LogP contribution in [0.25, 0.3) is 0 Å². The summed E-state index contributed by atoms with van der Waals surface area (Å²) in [5.41, 5.74) is 2.90. The van der Waals surface area contributed by atoms with E-state index in [1.807, 2.05) is 4.90 Å². The molecular formula is C20H27N5O2. The Morgan fingerprint density at radius 1 is 1.19 bits per heavy atom. The molecular weight excluding hydrogens is 342 g/mol. The molecule has 1 saturated heterocycles. The summed E-state index contributed by atoms with van der Waals surface area (Å²) in [6.07, 6.45) is 2.32. The number of carbonyl (C=O) groups is 1. The van der Waals surface area contributed by atoms with Crippen LogP contribution in [0, 0.1) is 6.92 Å². The van der Waals surface area contributed by atoms with Crippen molar-refractivity contribution in [3.05, 3.63) is 47.9 Å². The van der Waals surface area contributed by atoms with Crippen LogP contribution in [0.2, 0.25) is 0 Å². The number of anilines is 2. The molecule has 1 fully saturated rings. The predicted molar refractivity (Wildman–Crippen MR) is 106 cm³/mol. The van der Waals surface area contributed by atoms with Crippen LogP contribution < -0.4 is 10.2 Å². The van der Waals surface area contributed by atoms with Gasteiger partial charge in [-0.1, -0.05) is 12.1 Å². The van der Waals surface area contributed by atoms with E-state index in [1.54, 1.807) is 13.2 Å². The molecule has 1 amide bonds. The van der Waals surface area contributed by atoms with Gasteiger partial charge in [-0.3, -0.25) is 4.79 Å². The van der Waals surface area contributed by atoms with E-state index >= 15 is 0 Å². The largest absolute Gasteiger partial charge is 0.385 e. The van der Waals surface area contributed by atoms with E-state index in [9.17, 15) is 4.79 Å². The van der Waals surface area contributed by atoms with Gasteiger partial charge in [0.05, 0.1) is 0 Å². The Hall–Kier alpha value is -2.67. The van der Waals surface area contributed by atoms with Crippen molar-refractivity contribution in [2.24, 2.45) is 0 Å². The second-order valence-electron chi connectivity index (χ2n) is 6.68. The zero-order valence-corrected chi connectivity index (χ0v) is 16.0. The van der Waals surface area contributed by atoms with Gasteiger partial charge in [-0.15, -0.1) is 0 Å². The Kier molecular flexibility index (Phi) is 6.59. The lowest BCUT2D eigenvalue weighted by molar-refractivity contribution is 0.0740. The molecule has 0 bridgehead atoms. The Morgan fingerprint density at radius 2 is 2.00 bits per heavy atom. The van der Waals surface area contributed by atoms with E-state index in [0.29, 0.717) is 31.2 Å². The second kappa shape index (κ2) is 9.32. The Bertz CT molecular complexity index is 760. The summed E-state index contributed by atoms with van der Waals surface area (Å²) < 4.78 is 5.03. The van der Waals surface area contributed by atoms with Crippen molar-refractivity contribution in [1.82, 2.24) is 14.9 Å². The van der Waals surface area contributed by atoms with Crippen molar-refractivity contribution >= 4 is 17.4 Å². The van der Waals surface area contributed by atoms with Crippen molar-refractivity contribution in [1.29, 1.82) is 0 Å². The zero-order valence-electron chi connectivity index (χ0n) is 16.0. The van der Waals surface area contributed by atoms with Gasteiger partial charge in [-0.05, 0) is 31.0 Å². The fourth-order valence-corrected chi connectivity index (χ4v) is 3.16. The van der Waals surface area contributed by atoms with Crippen molar-refractivity contribution in [3.63, 3.8) is 0 Å². The molecule has 0 spiro atoms. The number of aromatic nitrogens is 2. The molecule has 144 valence electrons. The third-order valence-corrected chi connectivity index (χ3v) is 4.65. The number of benzene rings is 1. The van der Waals surface area contributed by atoms with Crippen molar-refractivity contribution < 1.29 is 9.53 Å². The first-order valence-electron chi connectivity index (χ1n) is 9.33. The SMILES string of the molecule is COCCCNc1cc(C(=O)N2CCN(c3cccc(C)c3)CC2)ncn1. The molecule has 1 aromatic heterocycles. The average Bonchev–Trinajstić information content (AvgIpc) is 2.71. The smallest absolute Gasteiger partial charge is 0.272 e. The maximum Gasteiger partial charge on any atom is 0.272 e. The molecule has 0 radical (unpaired) electrons. The predicted octanol–water partition coefficient (Wildman–Crippen LogP) is 2.20. The van der Waals surface area contributed by atoms with Gasteiger partial charge in [-0.2, -0.15) is 0 Å². The topological polar surface area (TPSA) is 70.6 Å². The van der Waals surface area contributed by atoms with Crippen molar-refractivity contribution in [2.45, 2.75) is 13.3 Å². The van der Waals surface area contributed by atoms with E-state index in [2.05, 4.69) is 51.4 Å². The number of aryl methyl sites for hydroxylation is 1. The Morgan fingerprint density at radius 3 is 2.74 bits per heavy atom. The molecule has 1 aromatic carbocycles. The second-order valence-corrected chi connectivity index (χ2v) is 6.68. The van der Waals surface area contributed by atoms with Gasteiger partial charge in [0.1, 0.15) is 17.8 Å². The monoisotopic (exact) mass is 369 g/mol. The fraction of sp³-hybridized carbons (Fsp3) is 0.450. The molecule has 0 aliphatic carbocycles. The summed E-state index contributed by atoms with van der Waals surface area (Å²) in [6, 6.07) is 10.2. The highest BCUT2D eigenvalue weighted by Gasteiger charge is 2.23. The zero-order chi connectivity index (χ0) is 19.1. The first-order chi connectivity index (χ1) is 13.2. The molecule has 0 atom stereocenters. The highest BCUT2D eigenvalue weighted by molar-refractivity contribution is 5.93. The van der Waals surface area contributed by atoms with Gasteiger partial charge in [0.25, 0.3) is 5.91 Å². The molecule has 1 aliphatic heterocycles. The van der Waals surface area contributed by atoms with Gasteiger partial charge >= 0.3 is 0 Å². The highest BCUT2D eigenvalue weighted by atomic mass is 16.5. The molecule has 3 rings (SSSR count). The number of nitrogens with one attached hydrogen (secondary N) is 1. The van der Waals surface area contributed by atoms with E-state index in [1.165, 1.54) is 17.6 Å². The maximum atomic E-state index is 12.8. The fourth-order valence-electron chi connectivity index (χ4n) is 3.16. The highest BCUT2D eigenvalue weighted by Crippen LogP contribution is 2.18. The van der Waals surface area contributed by atoms with E-state index in [0.717, 1.165) is 26.1 Å². The maximum absolute atomic E-state index is 12.8. The van der Waals surface area contributed by atoms with Crippen LogP contribution in [-0.2, 0) is 4.74 Å². The Balaban J connectivity index is 1.56. The molecule has 2 heterocycles. The minimum absolute atomic E-state index is 0.0405. The molecule has 0 saturated carbocycles. The summed E-state index contributed by atoms with van der Waals surface area (Å²) in [5, 5.41) is 3.20. The molecule has 1 aliphatic rings. The molecule has 27 heavy (non-hydrogen) atoms. The van der Waals surface area contributed by atoms with E-state index < -0.39 is 0 Å². The number of carbonyl (C=O) groups excluding carboxylic acids is 1. The normalized spacial score (nSPS) is 14.3. The standard InChI is InChI=1S/C20H27N5O2/c1-16-5-3-6-17(13-16)24-8-10-25(11-9-24)20(26)18-14-19(23-15-22-18)21-7-4-12-27-2/h3,5-6,13-15H,4,7-12H2,1-2H3,(H,21,22,23). The van der Waals surface area contributed by atoms with Crippen LogP contribution in [0.4, 0.5) is 11.5 Å². The van der Waals surface area contributed by atoms with Gasteiger partial charge in [0, 0.05) is 58.2 Å². The summed E-state index contributed by atoms with van der Waals surface area (Å²) in [6.45, 7) is 6.55. The summed E-state index contributed by atoms with van der Waals surface area (Å²) in [5.74, 6) is 0.629. The minimum atomic E-state index is -0.0405. The average molecular weight is 369 g/mol. The molecule has 0 unspecified atom stereocenters. The lowest BCUT2D eigenvalue weighted by Crippen LogP contribution is -2.49. The number of nitrogens with zero attached hydrogens (tertiary/aromatic N) is 4. The number of hydrogen-bond donors (Lipinski definition) is 1. The van der Waals surface area contributed by atoms with Gasteiger partial charge in [0.2, 0.25) is 0 Å². The van der Waals surface area contributed by atoms with Crippen LogP contribution in [0.15, 0.2) is 36.7 Å². The van der Waals surface area contributed by atoms with Crippen molar-refractivity contribution in [3.8, 4) is 0 Å². The van der Waals surface area contributed by atoms with Crippen molar-refractivity contribution in [2.75, 3.05) is 56.7 Å². The number of hydrogen-bond acceptors (Lipinski definition) is 6. The summed E-state index contributed by atoms with van der Waals surface area (Å²) >= 11 is 0. The van der Waals surface area contributed by atoms with Crippen LogP contribution >= 0.6 is 0 Å². The first kappa shape index (κ1) is 19.1. The third kappa shape index (κ3) is 5.17. The van der Waals surface area contributed by atoms with Gasteiger partial charge < -0.3 is 19.9 Å². The van der Waals surface area contributed by atoms with Crippen LogP contribution in [0.3, 0.4) is 0 Å². The molecule has 1 N–H and O–H groups in total. The number of rotatable bonds is 7. The summed E-state index contributed by atoms with van der Waals surface area (Å²) in [4.78, 5) is 25.3. The van der Waals surface area contributed by atoms with E-state index in [4.69, 9.17) is 4.74 Å². The number of piperazine rings is 1. The minimum Gasteiger partial charge on any atom is -0.385 e. The van der Waals surface area contributed by atoms with Crippen LogP contribution in [-0.4, -0.2) is 67.2 Å². The number of ether oxygens (including phenoxy) is 1. The quantitative estimate of drug-likeness (QED) is 0.755. The first-order valence-corrected chi connectivity index (χ1v) is 9.33. The van der Waals surface area contributed by atoms with Crippen LogP contribution in [0.5, 0.6) is 0 Å².